The van der Waals surface area contributed by atoms with Crippen molar-refractivity contribution in [3.63, 3.8) is 0 Å². The Kier molecular flexibility index (Phi) is 4.94. The minimum atomic E-state index is -0.674. The van der Waals surface area contributed by atoms with E-state index < -0.39 is 29.2 Å². The molecule has 1 saturated carbocycles. The van der Waals surface area contributed by atoms with Crippen LogP contribution in [0.15, 0.2) is 18.2 Å². The molecule has 6 heteroatoms. The van der Waals surface area contributed by atoms with Gasteiger partial charge in [-0.15, -0.1) is 0 Å². The smallest absolute Gasteiger partial charge is 0.314 e. The van der Waals surface area contributed by atoms with Crippen LogP contribution in [0.2, 0.25) is 0 Å². The fourth-order valence-electron chi connectivity index (χ4n) is 2.48. The van der Waals surface area contributed by atoms with Gasteiger partial charge >= 0.3 is 6.03 Å². The molecule has 23 heavy (non-hydrogen) atoms. The first-order valence-electron chi connectivity index (χ1n) is 7.80. The van der Waals surface area contributed by atoms with Gasteiger partial charge in [-0.2, -0.15) is 0 Å². The average molecular weight is 326 g/mol. The van der Waals surface area contributed by atoms with Crippen molar-refractivity contribution in [3.8, 4) is 0 Å². The molecule has 1 atom stereocenters. The van der Waals surface area contributed by atoms with Gasteiger partial charge in [0.05, 0.1) is 6.10 Å². The Balaban J connectivity index is 1.90. The molecule has 1 aromatic rings. The lowest BCUT2D eigenvalue weighted by Gasteiger charge is -2.26. The summed E-state index contributed by atoms with van der Waals surface area (Å²) in [5, 5.41) is 15.1. The van der Waals surface area contributed by atoms with Gasteiger partial charge in [0.15, 0.2) is 0 Å². The number of rotatable bonds is 5. The van der Waals surface area contributed by atoms with Crippen molar-refractivity contribution in [1.29, 1.82) is 0 Å². The molecule has 1 aliphatic rings. The number of urea groups is 1. The second-order valence-corrected chi connectivity index (χ2v) is 7.32. The van der Waals surface area contributed by atoms with Crippen LogP contribution in [0.5, 0.6) is 0 Å². The topological polar surface area (TPSA) is 61.4 Å². The third kappa shape index (κ3) is 4.19. The SMILES string of the molecule is CC(C)(C)C(O)CNC(=O)NCC1(c2c(F)cccc2F)CC1. The highest BCUT2D eigenvalue weighted by atomic mass is 19.1. The van der Waals surface area contributed by atoms with Gasteiger partial charge in [0.25, 0.3) is 0 Å². The first kappa shape index (κ1) is 17.7. The molecule has 2 rings (SSSR count). The van der Waals surface area contributed by atoms with Crippen LogP contribution in [-0.2, 0) is 5.41 Å². The third-order valence-electron chi connectivity index (χ3n) is 4.39. The second kappa shape index (κ2) is 6.43. The predicted molar refractivity (Wildman–Crippen MR) is 84.1 cm³/mol. The van der Waals surface area contributed by atoms with Crippen LogP contribution in [0.25, 0.3) is 0 Å². The largest absolute Gasteiger partial charge is 0.391 e. The minimum Gasteiger partial charge on any atom is -0.391 e. The van der Waals surface area contributed by atoms with Gasteiger partial charge in [-0.25, -0.2) is 13.6 Å². The van der Waals surface area contributed by atoms with E-state index >= 15 is 0 Å². The van der Waals surface area contributed by atoms with Crippen LogP contribution in [0.1, 0.15) is 39.2 Å². The molecule has 0 saturated heterocycles. The van der Waals surface area contributed by atoms with Gasteiger partial charge < -0.3 is 15.7 Å². The molecule has 3 N–H and O–H groups in total. The van der Waals surface area contributed by atoms with E-state index in [1.54, 1.807) is 0 Å². The van der Waals surface area contributed by atoms with Gasteiger partial charge in [0, 0.05) is 24.1 Å². The Morgan fingerprint density at radius 1 is 1.26 bits per heavy atom. The molecular formula is C17H24F2N2O2. The fourth-order valence-corrected chi connectivity index (χ4v) is 2.48. The Labute approximate surface area is 135 Å². The maximum absolute atomic E-state index is 13.9. The van der Waals surface area contributed by atoms with E-state index in [4.69, 9.17) is 0 Å². The summed E-state index contributed by atoms with van der Waals surface area (Å²) in [6, 6.07) is 3.35. The molecule has 0 radical (unpaired) electrons. The highest BCUT2D eigenvalue weighted by molar-refractivity contribution is 5.74. The zero-order chi connectivity index (χ0) is 17.3. The van der Waals surface area contributed by atoms with Gasteiger partial charge in [0.2, 0.25) is 0 Å². The molecule has 1 aliphatic carbocycles. The number of carbonyl (C=O) groups is 1. The Bertz CT molecular complexity index is 560. The summed E-state index contributed by atoms with van der Waals surface area (Å²) in [6.45, 7) is 5.91. The predicted octanol–water partition coefficient (Wildman–Crippen LogP) is 2.70. The zero-order valence-corrected chi connectivity index (χ0v) is 13.7. The summed E-state index contributed by atoms with van der Waals surface area (Å²) < 4.78 is 27.8. The standard InChI is InChI=1S/C17H24F2N2O2/c1-16(2,3)13(22)9-20-15(23)21-10-17(7-8-17)14-11(18)5-4-6-12(14)19/h4-6,13,22H,7-10H2,1-3H3,(H2,20,21,23). The van der Waals surface area contributed by atoms with E-state index in [1.165, 1.54) is 18.2 Å². The molecule has 0 bridgehead atoms. The summed E-state index contributed by atoms with van der Waals surface area (Å²) in [4.78, 5) is 11.8. The number of halogens is 2. The number of nitrogens with one attached hydrogen (secondary N) is 2. The molecular weight excluding hydrogens is 302 g/mol. The van der Waals surface area contributed by atoms with Crippen molar-refractivity contribution in [3.05, 3.63) is 35.4 Å². The van der Waals surface area contributed by atoms with Gasteiger partial charge in [-0.1, -0.05) is 26.8 Å². The normalized spacial score (nSPS) is 17.5. The van der Waals surface area contributed by atoms with E-state index in [-0.39, 0.29) is 24.1 Å². The number of amides is 2. The van der Waals surface area contributed by atoms with Crippen molar-refractivity contribution in [2.24, 2.45) is 5.41 Å². The first-order valence-corrected chi connectivity index (χ1v) is 7.80. The summed E-state index contributed by atoms with van der Waals surface area (Å²) in [5.74, 6) is -1.15. The lowest BCUT2D eigenvalue weighted by molar-refractivity contribution is 0.0650. The van der Waals surface area contributed by atoms with Crippen molar-refractivity contribution < 1.29 is 18.7 Å². The van der Waals surface area contributed by atoms with Crippen molar-refractivity contribution in [2.75, 3.05) is 13.1 Å². The van der Waals surface area contributed by atoms with Crippen LogP contribution in [-0.4, -0.2) is 30.3 Å². The highest BCUT2D eigenvalue weighted by Gasteiger charge is 2.48. The van der Waals surface area contributed by atoms with E-state index in [2.05, 4.69) is 10.6 Å². The molecule has 0 heterocycles. The summed E-state index contributed by atoms with van der Waals surface area (Å²) in [7, 11) is 0. The molecule has 2 amide bonds. The Hall–Kier alpha value is -1.69. The van der Waals surface area contributed by atoms with Crippen LogP contribution in [0.4, 0.5) is 13.6 Å². The number of carbonyl (C=O) groups excluding carboxylic acids is 1. The monoisotopic (exact) mass is 326 g/mol. The first-order chi connectivity index (χ1) is 10.7. The summed E-state index contributed by atoms with van der Waals surface area (Å²) in [6.07, 6.45) is 0.595. The molecule has 4 nitrogen and oxygen atoms in total. The van der Waals surface area contributed by atoms with Gasteiger partial charge in [-0.3, -0.25) is 0 Å². The second-order valence-electron chi connectivity index (χ2n) is 7.32. The maximum Gasteiger partial charge on any atom is 0.314 e. The molecule has 0 aliphatic heterocycles. The number of aliphatic hydroxyl groups is 1. The lowest BCUT2D eigenvalue weighted by Crippen LogP contribution is -2.45. The fraction of sp³-hybridized carbons (Fsp3) is 0.588. The lowest BCUT2D eigenvalue weighted by atomic mass is 9.89. The molecule has 1 fully saturated rings. The van der Waals surface area contributed by atoms with Crippen LogP contribution >= 0.6 is 0 Å². The number of hydrogen-bond donors (Lipinski definition) is 3. The number of benzene rings is 1. The minimum absolute atomic E-state index is 0.0510. The van der Waals surface area contributed by atoms with E-state index in [1.807, 2.05) is 20.8 Å². The molecule has 128 valence electrons. The Morgan fingerprint density at radius 2 is 1.83 bits per heavy atom. The van der Waals surface area contributed by atoms with E-state index in [9.17, 15) is 18.7 Å². The third-order valence-corrected chi connectivity index (χ3v) is 4.39. The highest BCUT2D eigenvalue weighted by Crippen LogP contribution is 2.49. The number of hydrogen-bond acceptors (Lipinski definition) is 2. The summed E-state index contributed by atoms with van der Waals surface area (Å²) in [5.41, 5.74) is -0.938. The van der Waals surface area contributed by atoms with Gasteiger partial charge in [0.1, 0.15) is 11.6 Å². The van der Waals surface area contributed by atoms with Crippen LogP contribution < -0.4 is 10.6 Å². The van der Waals surface area contributed by atoms with E-state index in [0.717, 1.165) is 0 Å². The van der Waals surface area contributed by atoms with Gasteiger partial charge in [-0.05, 0) is 30.4 Å². The maximum atomic E-state index is 13.9. The van der Waals surface area contributed by atoms with Crippen molar-refractivity contribution in [1.82, 2.24) is 10.6 Å². The average Bonchev–Trinajstić information content (AvgIpc) is 3.22. The molecule has 1 aromatic carbocycles. The zero-order valence-electron chi connectivity index (χ0n) is 13.7. The number of aliphatic hydroxyl groups excluding tert-OH is 1. The summed E-state index contributed by atoms with van der Waals surface area (Å²) >= 11 is 0. The molecule has 1 unspecified atom stereocenters. The quantitative estimate of drug-likeness (QED) is 0.779. The van der Waals surface area contributed by atoms with E-state index in [0.29, 0.717) is 12.8 Å². The van der Waals surface area contributed by atoms with Crippen molar-refractivity contribution in [2.45, 2.75) is 45.1 Å². The van der Waals surface area contributed by atoms with Crippen molar-refractivity contribution >= 4 is 6.03 Å². The van der Waals surface area contributed by atoms with Crippen LogP contribution in [0.3, 0.4) is 0 Å². The Morgan fingerprint density at radius 3 is 2.30 bits per heavy atom. The molecule has 0 aromatic heterocycles. The van der Waals surface area contributed by atoms with Crippen LogP contribution in [0, 0.1) is 17.0 Å². The molecule has 0 spiro atoms.